The molecule has 14 heavy (non-hydrogen) atoms. The predicted molar refractivity (Wildman–Crippen MR) is 57.8 cm³/mol. The van der Waals surface area contributed by atoms with Crippen molar-refractivity contribution in [1.29, 1.82) is 0 Å². The molecule has 0 spiro atoms. The van der Waals surface area contributed by atoms with Gasteiger partial charge in [0.2, 0.25) is 5.91 Å². The number of hydrogen-bond acceptors (Lipinski definition) is 4. The Morgan fingerprint density at radius 1 is 1.50 bits per heavy atom. The molecule has 1 amide bonds. The van der Waals surface area contributed by atoms with E-state index in [0.29, 0.717) is 6.54 Å². The van der Waals surface area contributed by atoms with Gasteiger partial charge in [-0.15, -0.1) is 0 Å². The van der Waals surface area contributed by atoms with E-state index in [-0.39, 0.29) is 12.5 Å². The van der Waals surface area contributed by atoms with Crippen molar-refractivity contribution in [3.05, 3.63) is 0 Å². The smallest absolute Gasteiger partial charge is 0.241 e. The molecule has 0 bridgehead atoms. The molecule has 84 valence electrons. The maximum absolute atomic E-state index is 11.4. The average molecular weight is 202 g/mol. The molecule has 1 atom stereocenters. The van der Waals surface area contributed by atoms with E-state index < -0.39 is 5.54 Å². The number of amides is 1. The second kappa shape index (κ2) is 5.95. The van der Waals surface area contributed by atoms with Crippen LogP contribution in [0.3, 0.4) is 0 Å². The number of nitrogens with zero attached hydrogens (tertiary/aromatic N) is 1. The summed E-state index contributed by atoms with van der Waals surface area (Å²) in [7, 11) is 3.99. The van der Waals surface area contributed by atoms with Crippen LogP contribution in [-0.2, 0) is 4.79 Å². The van der Waals surface area contributed by atoms with Crippen LogP contribution >= 0.6 is 0 Å². The van der Waals surface area contributed by atoms with Gasteiger partial charge in [-0.3, -0.25) is 4.79 Å². The van der Waals surface area contributed by atoms with Gasteiger partial charge in [0.25, 0.3) is 0 Å². The minimum absolute atomic E-state index is 0.159. The lowest BCUT2D eigenvalue weighted by Crippen LogP contribution is -2.56. The van der Waals surface area contributed by atoms with E-state index in [1.54, 1.807) is 6.92 Å². The van der Waals surface area contributed by atoms with E-state index >= 15 is 0 Å². The van der Waals surface area contributed by atoms with Crippen LogP contribution in [0.1, 0.15) is 13.3 Å². The largest absolute Gasteiger partial charge is 0.354 e. The Kier molecular flexibility index (Phi) is 5.68. The van der Waals surface area contributed by atoms with Gasteiger partial charge in [-0.05, 0) is 34.0 Å². The molecular formula is C9H22N4O. The van der Waals surface area contributed by atoms with E-state index in [4.69, 9.17) is 11.5 Å². The lowest BCUT2D eigenvalue weighted by atomic mass is 10.0. The molecule has 0 aliphatic heterocycles. The second-order valence-electron chi connectivity index (χ2n) is 4.03. The van der Waals surface area contributed by atoms with Gasteiger partial charge in [0.15, 0.2) is 0 Å². The maximum Gasteiger partial charge on any atom is 0.241 e. The third-order valence-corrected chi connectivity index (χ3v) is 2.01. The minimum atomic E-state index is -0.946. The summed E-state index contributed by atoms with van der Waals surface area (Å²) in [6.07, 6.45) is 0.916. The fraction of sp³-hybridized carbons (Fsp3) is 0.889. The number of hydrogen-bond donors (Lipinski definition) is 3. The van der Waals surface area contributed by atoms with E-state index in [0.717, 1.165) is 13.0 Å². The number of rotatable bonds is 6. The first-order valence-electron chi connectivity index (χ1n) is 4.82. The van der Waals surface area contributed by atoms with E-state index in [1.165, 1.54) is 0 Å². The third kappa shape index (κ3) is 5.16. The molecule has 0 aromatic heterocycles. The Bertz CT molecular complexity index is 180. The molecule has 0 radical (unpaired) electrons. The topological polar surface area (TPSA) is 84.4 Å². The quantitative estimate of drug-likeness (QED) is 0.469. The zero-order valence-corrected chi connectivity index (χ0v) is 9.34. The first-order chi connectivity index (χ1) is 6.40. The predicted octanol–water partition coefficient (Wildman–Crippen LogP) is -1.27. The van der Waals surface area contributed by atoms with Crippen molar-refractivity contribution < 1.29 is 4.79 Å². The van der Waals surface area contributed by atoms with Crippen molar-refractivity contribution in [1.82, 2.24) is 10.2 Å². The zero-order chi connectivity index (χ0) is 11.2. The van der Waals surface area contributed by atoms with E-state index in [1.807, 2.05) is 14.1 Å². The fourth-order valence-corrected chi connectivity index (χ4v) is 0.892. The van der Waals surface area contributed by atoms with Gasteiger partial charge in [0.1, 0.15) is 5.54 Å². The van der Waals surface area contributed by atoms with Crippen LogP contribution in [0.25, 0.3) is 0 Å². The number of carbonyl (C=O) groups is 1. The van der Waals surface area contributed by atoms with Crippen molar-refractivity contribution >= 4 is 5.91 Å². The van der Waals surface area contributed by atoms with Crippen molar-refractivity contribution in [2.24, 2.45) is 11.5 Å². The first kappa shape index (κ1) is 13.4. The van der Waals surface area contributed by atoms with Crippen molar-refractivity contribution in [3.8, 4) is 0 Å². The molecule has 1 unspecified atom stereocenters. The van der Waals surface area contributed by atoms with Gasteiger partial charge in [-0.2, -0.15) is 0 Å². The van der Waals surface area contributed by atoms with Crippen molar-refractivity contribution in [2.75, 3.05) is 33.7 Å². The van der Waals surface area contributed by atoms with Crippen LogP contribution in [0.5, 0.6) is 0 Å². The second-order valence-corrected chi connectivity index (χ2v) is 4.03. The van der Waals surface area contributed by atoms with Gasteiger partial charge in [-0.1, -0.05) is 0 Å². The molecule has 5 N–H and O–H groups in total. The molecule has 0 aromatic carbocycles. The van der Waals surface area contributed by atoms with Gasteiger partial charge < -0.3 is 21.7 Å². The average Bonchev–Trinajstić information content (AvgIpc) is 2.11. The summed E-state index contributed by atoms with van der Waals surface area (Å²) < 4.78 is 0. The Morgan fingerprint density at radius 3 is 2.50 bits per heavy atom. The summed E-state index contributed by atoms with van der Waals surface area (Å²) in [4.78, 5) is 13.5. The maximum atomic E-state index is 11.4. The Balaban J connectivity index is 3.64. The van der Waals surface area contributed by atoms with E-state index in [2.05, 4.69) is 10.2 Å². The van der Waals surface area contributed by atoms with Crippen LogP contribution in [0.4, 0.5) is 0 Å². The number of nitrogens with two attached hydrogens (primary N) is 2. The van der Waals surface area contributed by atoms with Crippen molar-refractivity contribution in [2.45, 2.75) is 18.9 Å². The number of nitrogens with one attached hydrogen (secondary N) is 1. The normalized spacial score (nSPS) is 15.3. The van der Waals surface area contributed by atoms with Crippen LogP contribution < -0.4 is 16.8 Å². The summed E-state index contributed by atoms with van der Waals surface area (Å²) in [5.41, 5.74) is 10.1. The van der Waals surface area contributed by atoms with Crippen LogP contribution in [0.2, 0.25) is 0 Å². The Hall–Kier alpha value is -0.650. The molecule has 0 heterocycles. The monoisotopic (exact) mass is 202 g/mol. The molecule has 0 aliphatic carbocycles. The van der Waals surface area contributed by atoms with Gasteiger partial charge in [-0.25, -0.2) is 0 Å². The molecule has 5 nitrogen and oxygen atoms in total. The summed E-state index contributed by atoms with van der Waals surface area (Å²) in [6.45, 7) is 3.38. The van der Waals surface area contributed by atoms with Gasteiger partial charge in [0, 0.05) is 13.1 Å². The molecule has 5 heteroatoms. The van der Waals surface area contributed by atoms with Crippen LogP contribution in [-0.4, -0.2) is 50.1 Å². The molecule has 0 aromatic rings. The van der Waals surface area contributed by atoms with Gasteiger partial charge in [0.05, 0.1) is 0 Å². The standard InChI is InChI=1S/C9H22N4O/c1-9(11,7-10)8(14)12-5-4-6-13(2)3/h4-7,10-11H2,1-3H3,(H,12,14). The molecule has 0 saturated heterocycles. The highest BCUT2D eigenvalue weighted by molar-refractivity contribution is 5.85. The lowest BCUT2D eigenvalue weighted by Gasteiger charge is -2.21. The van der Waals surface area contributed by atoms with Crippen molar-refractivity contribution in [3.63, 3.8) is 0 Å². The molecule has 0 fully saturated rings. The first-order valence-corrected chi connectivity index (χ1v) is 4.82. The molecular weight excluding hydrogens is 180 g/mol. The SMILES string of the molecule is CN(C)CCCNC(=O)C(C)(N)CN. The minimum Gasteiger partial charge on any atom is -0.354 e. The van der Waals surface area contributed by atoms with Crippen LogP contribution in [0, 0.1) is 0 Å². The highest BCUT2D eigenvalue weighted by Gasteiger charge is 2.25. The Morgan fingerprint density at radius 2 is 2.07 bits per heavy atom. The summed E-state index contributed by atoms with van der Waals surface area (Å²) >= 11 is 0. The Labute approximate surface area is 85.8 Å². The summed E-state index contributed by atoms with van der Waals surface area (Å²) in [6, 6.07) is 0. The highest BCUT2D eigenvalue weighted by atomic mass is 16.2. The van der Waals surface area contributed by atoms with E-state index in [9.17, 15) is 4.79 Å². The zero-order valence-electron chi connectivity index (χ0n) is 9.34. The number of carbonyl (C=O) groups excluding carboxylic acids is 1. The molecule has 0 aliphatic rings. The molecule has 0 rings (SSSR count). The summed E-state index contributed by atoms with van der Waals surface area (Å²) in [5, 5.41) is 2.76. The molecule has 0 saturated carbocycles. The van der Waals surface area contributed by atoms with Crippen LogP contribution in [0.15, 0.2) is 0 Å². The summed E-state index contributed by atoms with van der Waals surface area (Å²) in [5.74, 6) is -0.182. The fourth-order valence-electron chi connectivity index (χ4n) is 0.892. The highest BCUT2D eigenvalue weighted by Crippen LogP contribution is 1.95. The third-order valence-electron chi connectivity index (χ3n) is 2.01. The lowest BCUT2D eigenvalue weighted by molar-refractivity contribution is -0.125. The van der Waals surface area contributed by atoms with Gasteiger partial charge >= 0.3 is 0 Å².